The maximum absolute atomic E-state index is 11.3. The van der Waals surface area contributed by atoms with Crippen molar-refractivity contribution < 1.29 is 28.2 Å². The van der Waals surface area contributed by atoms with Crippen molar-refractivity contribution >= 4 is 22.0 Å². The van der Waals surface area contributed by atoms with Crippen LogP contribution in [0.4, 0.5) is 0 Å². The molecule has 0 aliphatic heterocycles. The number of aliphatic carboxylic acids is 2. The van der Waals surface area contributed by atoms with Crippen molar-refractivity contribution in [2.75, 3.05) is 0 Å². The second-order valence-electron chi connectivity index (χ2n) is 5.93. The Morgan fingerprint density at radius 1 is 1.19 bits per heavy atom. The van der Waals surface area contributed by atoms with Crippen molar-refractivity contribution in [3.8, 4) is 0 Å². The van der Waals surface area contributed by atoms with Gasteiger partial charge in [-0.1, -0.05) is 12.1 Å². The molecule has 11 heteroatoms. The molecule has 0 aliphatic rings. The normalized spacial score (nSPS) is 12.6. The van der Waals surface area contributed by atoms with E-state index in [1.165, 1.54) is 29.1 Å². The lowest BCUT2D eigenvalue weighted by atomic mass is 10.0. The molecule has 1 heterocycles. The summed E-state index contributed by atoms with van der Waals surface area (Å²) in [7, 11) is -3.79. The summed E-state index contributed by atoms with van der Waals surface area (Å²) in [5, 5.41) is 26.1. The standard InChI is InChI=1S/C16H20N4O6S/c17-27(25,26)13-3-1-11(2-4-13)7-12(8-15(21)22)19-9-14-18-5-6-20(14)10-16(23)24/h1-6,12,19H,7-10H2,(H,21,22)(H,23,24)(H2,17,25,26). The van der Waals surface area contributed by atoms with Crippen molar-refractivity contribution in [2.24, 2.45) is 5.14 Å². The molecule has 0 amide bonds. The molecule has 0 spiro atoms. The van der Waals surface area contributed by atoms with Gasteiger partial charge in [0, 0.05) is 18.4 Å². The summed E-state index contributed by atoms with van der Waals surface area (Å²) in [5.74, 6) is -1.54. The summed E-state index contributed by atoms with van der Waals surface area (Å²) in [6.45, 7) is -0.0525. The summed E-state index contributed by atoms with van der Waals surface area (Å²) in [4.78, 5) is 26.0. The Kier molecular flexibility index (Phi) is 6.66. The van der Waals surface area contributed by atoms with Crippen LogP contribution in [0.5, 0.6) is 0 Å². The number of nitrogens with one attached hydrogen (secondary N) is 1. The molecule has 1 unspecified atom stereocenters. The van der Waals surface area contributed by atoms with Crippen LogP contribution in [0, 0.1) is 0 Å². The van der Waals surface area contributed by atoms with Crippen LogP contribution in [0.3, 0.4) is 0 Å². The van der Waals surface area contributed by atoms with E-state index in [0.717, 1.165) is 5.56 Å². The summed E-state index contributed by atoms with van der Waals surface area (Å²) < 4.78 is 24.0. The zero-order valence-corrected chi connectivity index (χ0v) is 15.1. The van der Waals surface area contributed by atoms with E-state index in [2.05, 4.69) is 10.3 Å². The number of carboxylic acid groups (broad SMARTS) is 2. The van der Waals surface area contributed by atoms with Crippen LogP contribution in [0.25, 0.3) is 0 Å². The van der Waals surface area contributed by atoms with Gasteiger partial charge in [0.1, 0.15) is 12.4 Å². The molecule has 0 saturated carbocycles. The van der Waals surface area contributed by atoms with E-state index in [1.807, 2.05) is 0 Å². The zero-order valence-electron chi connectivity index (χ0n) is 14.3. The van der Waals surface area contributed by atoms with E-state index in [0.29, 0.717) is 12.2 Å². The molecule has 0 saturated heterocycles. The SMILES string of the molecule is NS(=O)(=O)c1ccc(CC(CC(=O)O)NCc2nccn2CC(=O)O)cc1. The molecule has 0 aliphatic carbocycles. The Morgan fingerprint density at radius 3 is 2.41 bits per heavy atom. The maximum Gasteiger partial charge on any atom is 0.323 e. The van der Waals surface area contributed by atoms with Crippen LogP contribution in [0.1, 0.15) is 17.8 Å². The fourth-order valence-electron chi connectivity index (χ4n) is 2.56. The molecular weight excluding hydrogens is 376 g/mol. The molecule has 1 aromatic heterocycles. The largest absolute Gasteiger partial charge is 0.481 e. The number of rotatable bonds is 10. The van der Waals surface area contributed by atoms with Crippen LogP contribution in [-0.4, -0.2) is 46.2 Å². The number of benzene rings is 1. The van der Waals surface area contributed by atoms with Crippen LogP contribution < -0.4 is 10.5 Å². The molecule has 0 radical (unpaired) electrons. The lowest BCUT2D eigenvalue weighted by molar-refractivity contribution is -0.138. The molecule has 1 atom stereocenters. The van der Waals surface area contributed by atoms with Crippen LogP contribution in [0.2, 0.25) is 0 Å². The number of primary sulfonamides is 1. The van der Waals surface area contributed by atoms with Crippen molar-refractivity contribution in [3.63, 3.8) is 0 Å². The molecule has 0 fully saturated rings. The second kappa shape index (κ2) is 8.75. The first-order valence-electron chi connectivity index (χ1n) is 7.94. The van der Waals surface area contributed by atoms with Crippen molar-refractivity contribution in [1.29, 1.82) is 0 Å². The van der Waals surface area contributed by atoms with E-state index in [9.17, 15) is 18.0 Å². The molecule has 5 N–H and O–H groups in total. The van der Waals surface area contributed by atoms with Gasteiger partial charge in [-0.2, -0.15) is 0 Å². The zero-order chi connectivity index (χ0) is 20.0. The van der Waals surface area contributed by atoms with Gasteiger partial charge < -0.3 is 20.1 Å². The molecule has 27 heavy (non-hydrogen) atoms. The van der Waals surface area contributed by atoms with Gasteiger partial charge in [-0.15, -0.1) is 0 Å². The monoisotopic (exact) mass is 396 g/mol. The van der Waals surface area contributed by atoms with Crippen molar-refractivity contribution in [1.82, 2.24) is 14.9 Å². The third-order valence-electron chi connectivity index (χ3n) is 3.81. The number of imidazole rings is 1. The lowest BCUT2D eigenvalue weighted by Crippen LogP contribution is -2.34. The number of sulfonamides is 1. The van der Waals surface area contributed by atoms with Gasteiger partial charge >= 0.3 is 11.9 Å². The van der Waals surface area contributed by atoms with E-state index >= 15 is 0 Å². The minimum absolute atomic E-state index is 0.0234. The van der Waals surface area contributed by atoms with Crippen molar-refractivity contribution in [2.45, 2.75) is 36.9 Å². The average Bonchev–Trinajstić information content (AvgIpc) is 2.98. The first-order chi connectivity index (χ1) is 12.6. The lowest BCUT2D eigenvalue weighted by Gasteiger charge is -2.17. The van der Waals surface area contributed by atoms with Gasteiger partial charge in [0.15, 0.2) is 0 Å². The van der Waals surface area contributed by atoms with E-state index in [4.69, 9.17) is 15.4 Å². The number of carbonyl (C=O) groups is 2. The smallest absolute Gasteiger partial charge is 0.323 e. The highest BCUT2D eigenvalue weighted by atomic mass is 32.2. The van der Waals surface area contributed by atoms with Gasteiger partial charge in [0.2, 0.25) is 10.0 Å². The Balaban J connectivity index is 2.06. The summed E-state index contributed by atoms with van der Waals surface area (Å²) in [6.07, 6.45) is 3.16. The van der Waals surface area contributed by atoms with Crippen LogP contribution >= 0.6 is 0 Å². The van der Waals surface area contributed by atoms with Crippen LogP contribution in [-0.2, 0) is 39.1 Å². The molecule has 10 nitrogen and oxygen atoms in total. The van der Waals surface area contributed by atoms with Crippen molar-refractivity contribution in [3.05, 3.63) is 48.0 Å². The number of nitrogens with two attached hydrogens (primary N) is 1. The van der Waals surface area contributed by atoms with Gasteiger partial charge in [-0.3, -0.25) is 9.59 Å². The third kappa shape index (κ3) is 6.47. The minimum Gasteiger partial charge on any atom is -0.481 e. The highest BCUT2D eigenvalue weighted by molar-refractivity contribution is 7.89. The summed E-state index contributed by atoms with van der Waals surface area (Å²) >= 11 is 0. The summed E-state index contributed by atoms with van der Waals surface area (Å²) in [6, 6.07) is 5.41. The summed E-state index contributed by atoms with van der Waals surface area (Å²) in [5.41, 5.74) is 0.732. The van der Waals surface area contributed by atoms with Gasteiger partial charge in [-0.25, -0.2) is 18.5 Å². The fourth-order valence-corrected chi connectivity index (χ4v) is 3.08. The number of hydrogen-bond donors (Lipinski definition) is 4. The highest BCUT2D eigenvalue weighted by Gasteiger charge is 2.16. The highest BCUT2D eigenvalue weighted by Crippen LogP contribution is 2.12. The Morgan fingerprint density at radius 2 is 1.85 bits per heavy atom. The predicted molar refractivity (Wildman–Crippen MR) is 94.3 cm³/mol. The number of carboxylic acids is 2. The third-order valence-corrected chi connectivity index (χ3v) is 4.74. The van der Waals surface area contributed by atoms with E-state index < -0.39 is 28.0 Å². The Labute approximate surface area is 155 Å². The van der Waals surface area contributed by atoms with Crippen LogP contribution in [0.15, 0.2) is 41.6 Å². The molecular formula is C16H20N4O6S. The van der Waals surface area contributed by atoms with E-state index in [1.54, 1.807) is 12.1 Å². The Bertz CT molecular complexity index is 907. The molecule has 2 rings (SSSR count). The fraction of sp³-hybridized carbons (Fsp3) is 0.312. The first kappa shape index (κ1) is 20.6. The number of hydrogen-bond acceptors (Lipinski definition) is 6. The topological polar surface area (TPSA) is 165 Å². The number of aromatic nitrogens is 2. The average molecular weight is 396 g/mol. The van der Waals surface area contributed by atoms with Gasteiger partial charge in [-0.05, 0) is 24.1 Å². The van der Waals surface area contributed by atoms with Gasteiger partial charge in [0.25, 0.3) is 0 Å². The Hall–Kier alpha value is -2.76. The van der Waals surface area contributed by atoms with E-state index in [-0.39, 0.29) is 24.4 Å². The second-order valence-corrected chi connectivity index (χ2v) is 7.50. The molecule has 2 aromatic rings. The molecule has 1 aromatic carbocycles. The first-order valence-corrected chi connectivity index (χ1v) is 9.48. The molecule has 0 bridgehead atoms. The predicted octanol–water partition coefficient (Wildman–Crippen LogP) is -0.209. The van der Waals surface area contributed by atoms with Gasteiger partial charge in [0.05, 0.1) is 17.9 Å². The molecule has 146 valence electrons. The maximum atomic E-state index is 11.3. The minimum atomic E-state index is -3.79. The quantitative estimate of drug-likeness (QED) is 0.428. The number of nitrogens with zero attached hydrogens (tertiary/aromatic N) is 2.